The average Bonchev–Trinajstić information content (AvgIpc) is 3.16. The van der Waals surface area contributed by atoms with Gasteiger partial charge in [0.25, 0.3) is 0 Å². The maximum Gasteiger partial charge on any atom is 0.408 e. The molecule has 1 amide bonds. The molecule has 4 aliphatic carbocycles. The van der Waals surface area contributed by atoms with Crippen molar-refractivity contribution < 1.29 is 33.4 Å². The summed E-state index contributed by atoms with van der Waals surface area (Å²) in [4.78, 5) is 50.3. The van der Waals surface area contributed by atoms with Crippen LogP contribution in [0.4, 0.5) is 4.79 Å². The van der Waals surface area contributed by atoms with Crippen molar-refractivity contribution in [2.45, 2.75) is 124 Å². The lowest BCUT2D eigenvalue weighted by Crippen LogP contribution is -2.49. The lowest BCUT2D eigenvalue weighted by molar-refractivity contribution is -0.172. The second-order valence-corrected chi connectivity index (χ2v) is 14.6. The lowest BCUT2D eigenvalue weighted by atomic mass is 9.52. The Hall–Kier alpha value is -2.38. The Bertz CT molecular complexity index is 1040. The van der Waals surface area contributed by atoms with E-state index in [1.54, 1.807) is 20.8 Å². The number of fused-ring (bicyclic) bond motifs is 5. The zero-order chi connectivity index (χ0) is 30.1. The quantitative estimate of drug-likeness (QED) is 0.274. The summed E-state index contributed by atoms with van der Waals surface area (Å²) in [6.45, 7) is 13.1. The standard InChI is InChI=1S/C33H51NO7/c1-8-20-17-26-25-11-9-21-16-22(35)10-12-23(21)24(25)13-14-33(26,7)29(20)40-28(36)18-39-30(37)27(15-19(2)3)34-31(38)41-32(4,5)6/h16,19-20,23-27,29H,8-15,17-18H2,1-7H3,(H,34,38)/t20-,23-,24+,25+,26-,27-,29-,33-/m0/s1. The third-order valence-electron chi connectivity index (χ3n) is 10.2. The Morgan fingerprint density at radius 1 is 1.10 bits per heavy atom. The number of ketones is 1. The molecule has 4 rings (SSSR count). The van der Waals surface area contributed by atoms with Crippen molar-refractivity contribution in [3.05, 3.63) is 11.6 Å². The fourth-order valence-corrected chi connectivity index (χ4v) is 8.47. The van der Waals surface area contributed by atoms with Crippen LogP contribution in [0, 0.1) is 40.9 Å². The molecule has 8 nitrogen and oxygen atoms in total. The molecule has 3 saturated carbocycles. The maximum atomic E-state index is 13.1. The molecule has 230 valence electrons. The molecule has 0 radical (unpaired) electrons. The number of carbonyl (C=O) groups excluding carboxylic acids is 4. The lowest BCUT2D eigenvalue weighted by Gasteiger charge is -2.53. The number of ether oxygens (including phenoxy) is 3. The summed E-state index contributed by atoms with van der Waals surface area (Å²) in [6.07, 6.45) is 9.24. The van der Waals surface area contributed by atoms with E-state index >= 15 is 0 Å². The van der Waals surface area contributed by atoms with Crippen molar-refractivity contribution in [3.63, 3.8) is 0 Å². The van der Waals surface area contributed by atoms with Gasteiger partial charge < -0.3 is 19.5 Å². The van der Waals surface area contributed by atoms with Gasteiger partial charge in [-0.15, -0.1) is 0 Å². The first-order valence-corrected chi connectivity index (χ1v) is 15.8. The number of carbonyl (C=O) groups is 4. The molecule has 0 aromatic rings. The Morgan fingerprint density at radius 2 is 1.83 bits per heavy atom. The van der Waals surface area contributed by atoms with Gasteiger partial charge in [0.15, 0.2) is 12.4 Å². The minimum atomic E-state index is -0.912. The van der Waals surface area contributed by atoms with Gasteiger partial charge in [-0.1, -0.05) is 33.3 Å². The van der Waals surface area contributed by atoms with Crippen LogP contribution in [-0.4, -0.2) is 48.2 Å². The van der Waals surface area contributed by atoms with Crippen LogP contribution in [0.1, 0.15) is 106 Å². The number of allylic oxidation sites excluding steroid dienone is 1. The van der Waals surface area contributed by atoms with E-state index in [4.69, 9.17) is 14.2 Å². The molecule has 41 heavy (non-hydrogen) atoms. The van der Waals surface area contributed by atoms with Crippen LogP contribution in [-0.2, 0) is 28.6 Å². The maximum absolute atomic E-state index is 13.1. The summed E-state index contributed by atoms with van der Waals surface area (Å²) < 4.78 is 16.8. The highest BCUT2D eigenvalue weighted by molar-refractivity contribution is 5.91. The zero-order valence-electron chi connectivity index (χ0n) is 26.1. The molecular formula is C33H51NO7. The Morgan fingerprint density at radius 3 is 2.49 bits per heavy atom. The van der Waals surface area contributed by atoms with Crippen molar-refractivity contribution in [2.24, 2.45) is 40.9 Å². The minimum Gasteiger partial charge on any atom is -0.459 e. The summed E-state index contributed by atoms with van der Waals surface area (Å²) >= 11 is 0. The molecule has 0 saturated heterocycles. The highest BCUT2D eigenvalue weighted by Gasteiger charge is 2.60. The molecule has 8 heteroatoms. The van der Waals surface area contributed by atoms with E-state index in [2.05, 4.69) is 19.2 Å². The van der Waals surface area contributed by atoms with E-state index in [9.17, 15) is 19.2 Å². The third-order valence-corrected chi connectivity index (χ3v) is 10.2. The molecule has 8 atom stereocenters. The van der Waals surface area contributed by atoms with Crippen LogP contribution in [0.15, 0.2) is 11.6 Å². The number of nitrogens with one attached hydrogen (secondary N) is 1. The average molecular weight is 574 g/mol. The molecular weight excluding hydrogens is 522 g/mol. The van der Waals surface area contributed by atoms with Gasteiger partial charge in [-0.25, -0.2) is 14.4 Å². The summed E-state index contributed by atoms with van der Waals surface area (Å²) in [5.41, 5.74) is 0.570. The van der Waals surface area contributed by atoms with Gasteiger partial charge in [0, 0.05) is 11.8 Å². The van der Waals surface area contributed by atoms with Gasteiger partial charge >= 0.3 is 18.0 Å². The van der Waals surface area contributed by atoms with Gasteiger partial charge in [-0.05, 0) is 114 Å². The van der Waals surface area contributed by atoms with Crippen LogP contribution >= 0.6 is 0 Å². The van der Waals surface area contributed by atoms with Crippen LogP contribution in [0.2, 0.25) is 0 Å². The predicted molar refractivity (Wildman–Crippen MR) is 155 cm³/mol. The SMILES string of the molecule is CC[C@H]1C[C@H]2[C@@H]3CCC4=CC(=O)CC[C@@H]4[C@H]3CC[C@]2(C)[C@H]1OC(=O)COC(=O)[C@H](CC(C)C)NC(=O)OC(C)(C)C. The number of amides is 1. The van der Waals surface area contributed by atoms with E-state index in [1.165, 1.54) is 5.57 Å². The second kappa shape index (κ2) is 12.5. The van der Waals surface area contributed by atoms with Crippen molar-refractivity contribution in [1.29, 1.82) is 0 Å². The first-order chi connectivity index (χ1) is 19.2. The van der Waals surface area contributed by atoms with Crippen molar-refractivity contribution in [2.75, 3.05) is 6.61 Å². The Labute approximate surface area is 245 Å². The minimum absolute atomic E-state index is 0.105. The number of esters is 2. The smallest absolute Gasteiger partial charge is 0.408 e. The van der Waals surface area contributed by atoms with Gasteiger partial charge in [-0.3, -0.25) is 4.79 Å². The third kappa shape index (κ3) is 7.16. The van der Waals surface area contributed by atoms with E-state index in [0.29, 0.717) is 36.5 Å². The number of hydrogen-bond acceptors (Lipinski definition) is 7. The molecule has 0 bridgehead atoms. The highest BCUT2D eigenvalue weighted by atomic mass is 16.6. The first kappa shape index (κ1) is 31.6. The zero-order valence-corrected chi connectivity index (χ0v) is 26.1. The van der Waals surface area contributed by atoms with Gasteiger partial charge in [-0.2, -0.15) is 0 Å². The van der Waals surface area contributed by atoms with E-state index in [1.807, 2.05) is 19.9 Å². The first-order valence-electron chi connectivity index (χ1n) is 15.8. The van der Waals surface area contributed by atoms with E-state index < -0.39 is 36.3 Å². The Balaban J connectivity index is 1.38. The molecule has 0 aliphatic heterocycles. The Kier molecular flexibility index (Phi) is 9.59. The normalized spacial score (nSPS) is 33.6. The number of alkyl carbamates (subject to hydrolysis) is 1. The molecule has 0 heterocycles. The number of rotatable bonds is 8. The summed E-state index contributed by atoms with van der Waals surface area (Å²) in [6, 6.07) is -0.912. The molecule has 0 unspecified atom stereocenters. The molecule has 1 N–H and O–H groups in total. The van der Waals surface area contributed by atoms with Crippen molar-refractivity contribution >= 4 is 23.8 Å². The van der Waals surface area contributed by atoms with Crippen LogP contribution in [0.3, 0.4) is 0 Å². The summed E-state index contributed by atoms with van der Waals surface area (Å²) in [5.74, 6) is 1.70. The monoisotopic (exact) mass is 573 g/mol. The topological polar surface area (TPSA) is 108 Å². The fourth-order valence-electron chi connectivity index (χ4n) is 8.47. The van der Waals surface area contributed by atoms with Crippen LogP contribution in [0.5, 0.6) is 0 Å². The van der Waals surface area contributed by atoms with Crippen molar-refractivity contribution in [1.82, 2.24) is 5.32 Å². The van der Waals surface area contributed by atoms with Crippen LogP contribution in [0.25, 0.3) is 0 Å². The largest absolute Gasteiger partial charge is 0.459 e. The predicted octanol–water partition coefficient (Wildman–Crippen LogP) is 6.16. The molecule has 3 fully saturated rings. The second-order valence-electron chi connectivity index (χ2n) is 14.6. The van der Waals surface area contributed by atoms with E-state index in [-0.39, 0.29) is 29.1 Å². The summed E-state index contributed by atoms with van der Waals surface area (Å²) in [5, 5.41) is 2.60. The summed E-state index contributed by atoms with van der Waals surface area (Å²) in [7, 11) is 0. The van der Waals surface area contributed by atoms with E-state index in [0.717, 1.165) is 44.9 Å². The highest BCUT2D eigenvalue weighted by Crippen LogP contribution is 2.64. The molecule has 0 spiro atoms. The van der Waals surface area contributed by atoms with Crippen molar-refractivity contribution in [3.8, 4) is 0 Å². The van der Waals surface area contributed by atoms with Gasteiger partial charge in [0.1, 0.15) is 17.7 Å². The molecule has 4 aliphatic rings. The fraction of sp³-hybridized carbons (Fsp3) is 0.818. The molecule has 0 aromatic carbocycles. The van der Waals surface area contributed by atoms with Crippen LogP contribution < -0.4 is 5.32 Å². The molecule has 0 aromatic heterocycles. The number of hydrogen-bond donors (Lipinski definition) is 1. The van der Waals surface area contributed by atoms with Gasteiger partial charge in [0.05, 0.1) is 0 Å². The van der Waals surface area contributed by atoms with Gasteiger partial charge in [0.2, 0.25) is 0 Å².